The molecule has 0 fully saturated rings. The third-order valence-corrected chi connectivity index (χ3v) is 7.36. The van der Waals surface area contributed by atoms with Gasteiger partial charge in [0.05, 0.1) is 22.1 Å². The van der Waals surface area contributed by atoms with Gasteiger partial charge in [0.15, 0.2) is 0 Å². The van der Waals surface area contributed by atoms with Gasteiger partial charge in [0.1, 0.15) is 10.0 Å². The Morgan fingerprint density at radius 2 is 1.80 bits per heavy atom. The summed E-state index contributed by atoms with van der Waals surface area (Å²) in [6.07, 6.45) is 1.16. The SMILES string of the molecule is Cc1cc(C(C#N)c2ccc(Cl)cc2)c(Cl)cc1NS(=O)(=O)c1cnc(Cl)c(Br)c1. The molecule has 3 aromatic rings. The van der Waals surface area contributed by atoms with Crippen LogP contribution < -0.4 is 4.72 Å². The summed E-state index contributed by atoms with van der Waals surface area (Å²) in [5.74, 6) is -0.629. The van der Waals surface area contributed by atoms with E-state index in [4.69, 9.17) is 34.8 Å². The minimum atomic E-state index is -3.93. The molecule has 0 spiro atoms. The molecule has 3 rings (SSSR count). The number of benzene rings is 2. The molecule has 30 heavy (non-hydrogen) atoms. The van der Waals surface area contributed by atoms with Crippen molar-refractivity contribution >= 4 is 66.4 Å². The van der Waals surface area contributed by atoms with Gasteiger partial charge in [-0.05, 0) is 63.8 Å². The van der Waals surface area contributed by atoms with Crippen LogP contribution in [0.25, 0.3) is 0 Å². The molecule has 0 bridgehead atoms. The van der Waals surface area contributed by atoms with Crippen molar-refractivity contribution in [2.75, 3.05) is 4.72 Å². The molecule has 5 nitrogen and oxygen atoms in total. The Kier molecular flexibility index (Phi) is 6.95. The maximum absolute atomic E-state index is 12.7. The summed E-state index contributed by atoms with van der Waals surface area (Å²) >= 11 is 21.3. The van der Waals surface area contributed by atoms with Gasteiger partial charge < -0.3 is 0 Å². The van der Waals surface area contributed by atoms with Crippen LogP contribution in [0.15, 0.2) is 58.0 Å². The molecule has 0 aliphatic rings. The third kappa shape index (κ3) is 4.90. The summed E-state index contributed by atoms with van der Waals surface area (Å²) in [7, 11) is -3.93. The van der Waals surface area contributed by atoms with Crippen LogP contribution in [-0.2, 0) is 10.0 Å². The maximum Gasteiger partial charge on any atom is 0.263 e. The summed E-state index contributed by atoms with van der Waals surface area (Å²) in [5.41, 5.74) is 2.20. The van der Waals surface area contributed by atoms with Crippen LogP contribution >= 0.6 is 50.7 Å². The first-order chi connectivity index (χ1) is 14.1. The van der Waals surface area contributed by atoms with Crippen molar-refractivity contribution in [2.24, 2.45) is 0 Å². The van der Waals surface area contributed by atoms with Crippen molar-refractivity contribution in [3.8, 4) is 6.07 Å². The van der Waals surface area contributed by atoms with Crippen LogP contribution in [0.3, 0.4) is 0 Å². The minimum absolute atomic E-state index is 0.0607. The van der Waals surface area contributed by atoms with Crippen molar-refractivity contribution in [1.29, 1.82) is 5.26 Å². The number of pyridine rings is 1. The van der Waals surface area contributed by atoms with E-state index in [1.807, 2.05) is 0 Å². The molecule has 1 atom stereocenters. The highest BCUT2D eigenvalue weighted by atomic mass is 79.9. The average molecular weight is 546 g/mol. The van der Waals surface area contributed by atoms with Gasteiger partial charge in [-0.2, -0.15) is 5.26 Å². The summed E-state index contributed by atoms with van der Waals surface area (Å²) in [6.45, 7) is 1.73. The van der Waals surface area contributed by atoms with Crippen molar-refractivity contribution in [3.63, 3.8) is 0 Å². The lowest BCUT2D eigenvalue weighted by molar-refractivity contribution is 0.600. The van der Waals surface area contributed by atoms with E-state index >= 15 is 0 Å². The first kappa shape index (κ1) is 22.9. The van der Waals surface area contributed by atoms with Crippen LogP contribution in [0.1, 0.15) is 22.6 Å². The number of rotatable bonds is 5. The number of anilines is 1. The van der Waals surface area contributed by atoms with Gasteiger partial charge >= 0.3 is 0 Å². The second kappa shape index (κ2) is 9.13. The van der Waals surface area contributed by atoms with Gasteiger partial charge in [-0.3, -0.25) is 4.72 Å². The number of aryl methyl sites for hydroxylation is 1. The van der Waals surface area contributed by atoms with Crippen molar-refractivity contribution in [3.05, 3.63) is 85.0 Å². The first-order valence-electron chi connectivity index (χ1n) is 8.41. The van der Waals surface area contributed by atoms with E-state index in [0.717, 1.165) is 11.8 Å². The third-order valence-electron chi connectivity index (χ3n) is 4.31. The van der Waals surface area contributed by atoms with Crippen LogP contribution in [0.2, 0.25) is 15.2 Å². The topological polar surface area (TPSA) is 82.9 Å². The molecule has 0 aliphatic heterocycles. The Hall–Kier alpha value is -1.82. The predicted octanol–water partition coefficient (Wildman–Crippen LogP) is 6.57. The predicted molar refractivity (Wildman–Crippen MR) is 123 cm³/mol. The standard InChI is InChI=1S/C20H13BrCl3N3O2S/c1-11-6-15(16(9-25)12-2-4-13(22)5-3-12)18(23)8-19(11)27-30(28,29)14-7-17(21)20(24)26-10-14/h2-8,10,16,27H,1H3. The Bertz CT molecular complexity index is 1260. The van der Waals surface area contributed by atoms with Gasteiger partial charge in [0, 0.05) is 16.2 Å². The number of halogens is 4. The Labute approximate surface area is 197 Å². The normalized spacial score (nSPS) is 12.3. The van der Waals surface area contributed by atoms with Crippen LogP contribution in [0, 0.1) is 18.3 Å². The second-order valence-electron chi connectivity index (χ2n) is 6.35. The van der Waals surface area contributed by atoms with Crippen LogP contribution in [-0.4, -0.2) is 13.4 Å². The lowest BCUT2D eigenvalue weighted by Gasteiger charge is -2.17. The Balaban J connectivity index is 1.97. The number of nitrogens with zero attached hydrogens (tertiary/aromatic N) is 2. The quantitative estimate of drug-likeness (QED) is 0.368. The van der Waals surface area contributed by atoms with Gasteiger partial charge in [0.2, 0.25) is 0 Å². The summed E-state index contributed by atoms with van der Waals surface area (Å²) in [6, 6.07) is 13.7. The first-order valence-corrected chi connectivity index (χ1v) is 11.8. The molecule has 10 heteroatoms. The van der Waals surface area contributed by atoms with E-state index in [9.17, 15) is 13.7 Å². The molecule has 154 valence electrons. The summed E-state index contributed by atoms with van der Waals surface area (Å²) in [5, 5.41) is 10.7. The molecule has 0 amide bonds. The largest absolute Gasteiger partial charge is 0.279 e. The van der Waals surface area contributed by atoms with Gasteiger partial charge in [0.25, 0.3) is 10.0 Å². The zero-order valence-electron chi connectivity index (χ0n) is 15.3. The molecule has 0 radical (unpaired) electrons. The van der Waals surface area contributed by atoms with E-state index in [1.54, 1.807) is 37.3 Å². The molecule has 2 aromatic carbocycles. The molecular weight excluding hydrogens is 533 g/mol. The number of nitrogens with one attached hydrogen (secondary N) is 1. The molecule has 1 N–H and O–H groups in total. The van der Waals surface area contributed by atoms with E-state index in [1.165, 1.54) is 12.1 Å². The number of hydrogen-bond donors (Lipinski definition) is 1. The van der Waals surface area contributed by atoms with E-state index in [2.05, 4.69) is 31.7 Å². The summed E-state index contributed by atoms with van der Waals surface area (Å²) in [4.78, 5) is 3.78. The zero-order valence-corrected chi connectivity index (χ0v) is 20.0. The molecule has 0 saturated carbocycles. The van der Waals surface area contributed by atoms with Crippen molar-refractivity contribution < 1.29 is 8.42 Å². The number of sulfonamides is 1. The number of aromatic nitrogens is 1. The molecule has 0 saturated heterocycles. The number of nitriles is 1. The fraction of sp³-hybridized carbons (Fsp3) is 0.100. The van der Waals surface area contributed by atoms with Gasteiger partial charge in [-0.25, -0.2) is 13.4 Å². The lowest BCUT2D eigenvalue weighted by atomic mass is 9.91. The Morgan fingerprint density at radius 3 is 2.40 bits per heavy atom. The second-order valence-corrected chi connectivity index (χ2v) is 10.1. The smallest absolute Gasteiger partial charge is 0.263 e. The van der Waals surface area contributed by atoms with E-state index < -0.39 is 15.9 Å². The monoisotopic (exact) mass is 543 g/mol. The molecule has 1 aromatic heterocycles. The van der Waals surface area contributed by atoms with Crippen LogP contribution in [0.4, 0.5) is 5.69 Å². The van der Waals surface area contributed by atoms with Crippen LogP contribution in [0.5, 0.6) is 0 Å². The highest BCUT2D eigenvalue weighted by Crippen LogP contribution is 2.35. The van der Waals surface area contributed by atoms with E-state index in [-0.39, 0.29) is 15.1 Å². The average Bonchev–Trinajstić information content (AvgIpc) is 2.69. The Morgan fingerprint density at radius 1 is 1.13 bits per heavy atom. The number of hydrogen-bond acceptors (Lipinski definition) is 4. The molecular formula is C20H13BrCl3N3O2S. The highest BCUT2D eigenvalue weighted by molar-refractivity contribution is 9.10. The molecule has 0 aliphatic carbocycles. The van der Waals surface area contributed by atoms with E-state index in [0.29, 0.717) is 26.3 Å². The molecule has 1 unspecified atom stereocenters. The fourth-order valence-corrected chi connectivity index (χ4v) is 4.86. The molecule has 1 heterocycles. The van der Waals surface area contributed by atoms with Crippen molar-refractivity contribution in [2.45, 2.75) is 17.7 Å². The maximum atomic E-state index is 12.7. The zero-order chi connectivity index (χ0) is 22.1. The minimum Gasteiger partial charge on any atom is -0.279 e. The van der Waals surface area contributed by atoms with Crippen molar-refractivity contribution in [1.82, 2.24) is 4.98 Å². The lowest BCUT2D eigenvalue weighted by Crippen LogP contribution is -2.14. The fourth-order valence-electron chi connectivity index (χ4n) is 2.77. The summed E-state index contributed by atoms with van der Waals surface area (Å²) < 4.78 is 28.3. The van der Waals surface area contributed by atoms with Gasteiger partial charge in [-0.1, -0.05) is 53.0 Å². The van der Waals surface area contributed by atoms with Gasteiger partial charge in [-0.15, -0.1) is 0 Å². The highest BCUT2D eigenvalue weighted by Gasteiger charge is 2.21.